The molecule has 26 heavy (non-hydrogen) atoms. The molecule has 138 valence electrons. The quantitative estimate of drug-likeness (QED) is 0.888. The van der Waals surface area contributed by atoms with E-state index < -0.39 is 0 Å². The zero-order chi connectivity index (χ0) is 18.8. The molecule has 0 radical (unpaired) electrons. The van der Waals surface area contributed by atoms with Gasteiger partial charge >= 0.3 is 0 Å². The summed E-state index contributed by atoms with van der Waals surface area (Å²) in [6.07, 6.45) is 1.25. The summed E-state index contributed by atoms with van der Waals surface area (Å²) in [5.74, 6) is 0.219. The first-order valence-corrected chi connectivity index (χ1v) is 8.38. The molecule has 1 N–H and O–H groups in total. The van der Waals surface area contributed by atoms with Gasteiger partial charge in [0.25, 0.3) is 5.91 Å². The van der Waals surface area contributed by atoms with Crippen molar-refractivity contribution in [2.75, 3.05) is 45.3 Å². The van der Waals surface area contributed by atoms with E-state index >= 15 is 0 Å². The summed E-state index contributed by atoms with van der Waals surface area (Å²) in [4.78, 5) is 28.3. The third-order valence-electron chi connectivity index (χ3n) is 4.37. The Morgan fingerprint density at radius 2 is 2.19 bits per heavy atom. The summed E-state index contributed by atoms with van der Waals surface area (Å²) in [7, 11) is 3.31. The molecule has 0 saturated carbocycles. The van der Waals surface area contributed by atoms with Crippen LogP contribution in [-0.4, -0.2) is 62.4 Å². The number of amides is 1. The molecule has 1 aromatic heterocycles. The lowest BCUT2D eigenvalue weighted by molar-refractivity contribution is 0.00256. The van der Waals surface area contributed by atoms with E-state index in [4.69, 9.17) is 9.15 Å². The Morgan fingerprint density at radius 1 is 1.42 bits per heavy atom. The minimum atomic E-state index is -0.316. The maximum Gasteiger partial charge on any atom is 0.253 e. The minimum Gasteiger partial charge on any atom is -0.440 e. The monoisotopic (exact) mass is 358 g/mol. The lowest BCUT2D eigenvalue weighted by Gasteiger charge is -2.32. The second-order valence-electron chi connectivity index (χ2n) is 6.42. The van der Waals surface area contributed by atoms with Crippen LogP contribution in [0.4, 0.5) is 5.88 Å². The van der Waals surface area contributed by atoms with Crippen molar-refractivity contribution in [1.29, 1.82) is 0 Å². The van der Waals surface area contributed by atoms with Gasteiger partial charge in [-0.05, 0) is 12.1 Å². The molecule has 1 aliphatic rings. The van der Waals surface area contributed by atoms with Crippen LogP contribution in [0.15, 0.2) is 34.0 Å². The lowest BCUT2D eigenvalue weighted by atomic mass is 10.0. The highest BCUT2D eigenvalue weighted by Gasteiger charge is 2.23. The summed E-state index contributed by atoms with van der Waals surface area (Å²) >= 11 is 0. The Kier molecular flexibility index (Phi) is 5.11. The molecule has 7 nitrogen and oxygen atoms in total. The number of nitrogens with zero attached hydrogens (tertiary/aromatic N) is 2. The summed E-state index contributed by atoms with van der Waals surface area (Å²) < 4.78 is 11.4. The summed E-state index contributed by atoms with van der Waals surface area (Å²) in [6, 6.07) is 4.63. The van der Waals surface area contributed by atoms with Crippen LogP contribution in [0.5, 0.6) is 0 Å². The average Bonchev–Trinajstić information content (AvgIpc) is 2.66. The van der Waals surface area contributed by atoms with Crippen LogP contribution >= 0.6 is 0 Å². The number of aliphatic hydroxyl groups is 1. The van der Waals surface area contributed by atoms with Crippen LogP contribution in [0.2, 0.25) is 0 Å². The molecule has 0 aliphatic carbocycles. The van der Waals surface area contributed by atoms with Crippen molar-refractivity contribution in [3.05, 3.63) is 46.1 Å². The first-order chi connectivity index (χ1) is 12.4. The van der Waals surface area contributed by atoms with E-state index in [1.54, 1.807) is 32.3 Å². The Hall–Kier alpha value is -2.64. The fourth-order valence-corrected chi connectivity index (χ4v) is 2.99. The predicted molar refractivity (Wildman–Crippen MR) is 99.6 cm³/mol. The fraction of sp³-hybridized carbons (Fsp3) is 0.368. The summed E-state index contributed by atoms with van der Waals surface area (Å²) in [5.41, 5.74) is 1.15. The molecule has 1 fully saturated rings. The number of morpholine rings is 1. The summed E-state index contributed by atoms with van der Waals surface area (Å²) in [5, 5.41) is 9.63. The molecule has 0 bridgehead atoms. The number of ether oxygens (including phenoxy) is 1. The number of carbonyl (C=O) groups is 1. The van der Waals surface area contributed by atoms with Crippen molar-refractivity contribution in [2.24, 2.45) is 0 Å². The molecule has 7 heteroatoms. The van der Waals surface area contributed by atoms with Crippen molar-refractivity contribution in [3.63, 3.8) is 0 Å². The van der Waals surface area contributed by atoms with Gasteiger partial charge in [-0.2, -0.15) is 0 Å². The number of aliphatic hydroxyl groups excluding tert-OH is 1. The van der Waals surface area contributed by atoms with E-state index in [0.717, 1.165) is 0 Å². The van der Waals surface area contributed by atoms with Crippen molar-refractivity contribution >= 4 is 28.8 Å². The SMILES string of the molecule is C=Cc1cc(C(=O)N(C)C)cc2c(=O)cc(N3CCOC(CO)C3)oc12. The van der Waals surface area contributed by atoms with Crippen molar-refractivity contribution in [1.82, 2.24) is 4.90 Å². The van der Waals surface area contributed by atoms with E-state index in [1.165, 1.54) is 11.0 Å². The second kappa shape index (κ2) is 7.31. The first-order valence-electron chi connectivity index (χ1n) is 8.38. The second-order valence-corrected chi connectivity index (χ2v) is 6.42. The highest BCUT2D eigenvalue weighted by Crippen LogP contribution is 2.26. The standard InChI is InChI=1S/C19H22N2O5/c1-4-12-7-13(19(24)20(2)3)8-15-16(23)9-17(26-18(12)15)21-5-6-25-14(10-21)11-22/h4,7-9,14,22H,1,5-6,10-11H2,2-3H3. The predicted octanol–water partition coefficient (Wildman–Crippen LogP) is 1.34. The average molecular weight is 358 g/mol. The zero-order valence-electron chi connectivity index (χ0n) is 14.9. The normalized spacial score (nSPS) is 17.3. The van der Waals surface area contributed by atoms with Crippen LogP contribution in [0, 0.1) is 0 Å². The Morgan fingerprint density at radius 3 is 2.85 bits per heavy atom. The van der Waals surface area contributed by atoms with Gasteiger partial charge in [-0.3, -0.25) is 9.59 Å². The fourth-order valence-electron chi connectivity index (χ4n) is 2.99. The van der Waals surface area contributed by atoms with Gasteiger partial charge in [0.2, 0.25) is 0 Å². The van der Waals surface area contributed by atoms with Crippen molar-refractivity contribution < 1.29 is 19.1 Å². The molecule has 1 amide bonds. The molecule has 0 spiro atoms. The van der Waals surface area contributed by atoms with Crippen LogP contribution in [0.1, 0.15) is 15.9 Å². The highest BCUT2D eigenvalue weighted by atomic mass is 16.5. The van der Waals surface area contributed by atoms with Crippen molar-refractivity contribution in [2.45, 2.75) is 6.10 Å². The molecular formula is C19H22N2O5. The molecular weight excluding hydrogens is 336 g/mol. The number of fused-ring (bicyclic) bond motifs is 1. The molecule has 1 saturated heterocycles. The van der Waals surface area contributed by atoms with Gasteiger partial charge in [0, 0.05) is 44.4 Å². The van der Waals surface area contributed by atoms with Gasteiger partial charge in [-0.15, -0.1) is 0 Å². The largest absolute Gasteiger partial charge is 0.440 e. The van der Waals surface area contributed by atoms with Crippen LogP contribution < -0.4 is 10.3 Å². The van der Waals surface area contributed by atoms with E-state index in [1.807, 2.05) is 4.90 Å². The molecule has 1 aromatic carbocycles. The Bertz CT molecular complexity index is 903. The van der Waals surface area contributed by atoms with Crippen LogP contribution in [0.3, 0.4) is 0 Å². The third-order valence-corrected chi connectivity index (χ3v) is 4.37. The maximum atomic E-state index is 12.7. The number of benzene rings is 1. The Balaban J connectivity index is 2.11. The first kappa shape index (κ1) is 18.2. The minimum absolute atomic E-state index is 0.0950. The van der Waals surface area contributed by atoms with Crippen LogP contribution in [0.25, 0.3) is 17.0 Å². The van der Waals surface area contributed by atoms with Gasteiger partial charge < -0.3 is 24.1 Å². The van der Waals surface area contributed by atoms with Crippen LogP contribution in [-0.2, 0) is 4.74 Å². The zero-order valence-corrected chi connectivity index (χ0v) is 14.9. The molecule has 3 rings (SSSR count). The van der Waals surface area contributed by atoms with E-state index in [9.17, 15) is 14.7 Å². The molecule has 2 aromatic rings. The number of carbonyl (C=O) groups excluding carboxylic acids is 1. The molecule has 2 heterocycles. The van der Waals surface area contributed by atoms with Gasteiger partial charge in [-0.25, -0.2) is 0 Å². The number of anilines is 1. The molecule has 1 aliphatic heterocycles. The van der Waals surface area contributed by atoms with Gasteiger partial charge in [0.15, 0.2) is 11.3 Å². The Labute approximate surface area is 151 Å². The maximum absolute atomic E-state index is 12.7. The van der Waals surface area contributed by atoms with Gasteiger partial charge in [0.1, 0.15) is 5.58 Å². The smallest absolute Gasteiger partial charge is 0.253 e. The summed E-state index contributed by atoms with van der Waals surface area (Å²) in [6.45, 7) is 5.11. The number of hydrogen-bond donors (Lipinski definition) is 1. The van der Waals surface area contributed by atoms with Crippen molar-refractivity contribution in [3.8, 4) is 0 Å². The third kappa shape index (κ3) is 3.36. The van der Waals surface area contributed by atoms with E-state index in [0.29, 0.717) is 47.7 Å². The molecule has 1 atom stereocenters. The molecule has 1 unspecified atom stereocenters. The topological polar surface area (TPSA) is 83.2 Å². The van der Waals surface area contributed by atoms with Gasteiger partial charge in [0.05, 0.1) is 24.7 Å². The number of rotatable bonds is 4. The number of hydrogen-bond acceptors (Lipinski definition) is 6. The highest BCUT2D eigenvalue weighted by molar-refractivity contribution is 5.99. The van der Waals surface area contributed by atoms with E-state index in [2.05, 4.69) is 6.58 Å². The van der Waals surface area contributed by atoms with Gasteiger partial charge in [-0.1, -0.05) is 12.7 Å². The lowest BCUT2D eigenvalue weighted by Crippen LogP contribution is -2.44. The van der Waals surface area contributed by atoms with E-state index in [-0.39, 0.29) is 24.0 Å².